The van der Waals surface area contributed by atoms with Gasteiger partial charge in [-0.1, -0.05) is 41.7 Å². The molecule has 0 saturated heterocycles. The van der Waals surface area contributed by atoms with Gasteiger partial charge in [0.15, 0.2) is 10.9 Å². The van der Waals surface area contributed by atoms with Crippen LogP contribution >= 0.6 is 11.3 Å². The second kappa shape index (κ2) is 7.10. The van der Waals surface area contributed by atoms with Crippen molar-refractivity contribution >= 4 is 44.4 Å². The van der Waals surface area contributed by atoms with E-state index in [4.69, 9.17) is 4.74 Å². The molecule has 0 unspecified atom stereocenters. The molecule has 3 aromatic rings. The predicted octanol–water partition coefficient (Wildman–Crippen LogP) is 3.87. The summed E-state index contributed by atoms with van der Waals surface area (Å²) >= 11 is 1.15. The molecule has 2 aromatic carbocycles. The van der Waals surface area contributed by atoms with Crippen molar-refractivity contribution in [2.45, 2.75) is 0 Å². The Morgan fingerprint density at radius 1 is 1.32 bits per heavy atom. The van der Waals surface area contributed by atoms with Gasteiger partial charge in [0.05, 0.1) is 22.8 Å². The third-order valence-electron chi connectivity index (χ3n) is 3.33. The number of ether oxygens (including phenoxy) is 1. The van der Waals surface area contributed by atoms with Crippen LogP contribution < -0.4 is 10.1 Å². The van der Waals surface area contributed by atoms with Gasteiger partial charge in [0, 0.05) is 12.1 Å². The molecular formula is C17H13N3O4S. The number of benzene rings is 2. The minimum atomic E-state index is -0.497. The van der Waals surface area contributed by atoms with Gasteiger partial charge in [0.25, 0.3) is 5.69 Å². The topological polar surface area (TPSA) is 94.4 Å². The fourth-order valence-electron chi connectivity index (χ4n) is 2.18. The molecule has 1 amide bonds. The monoisotopic (exact) mass is 355 g/mol. The van der Waals surface area contributed by atoms with Crippen LogP contribution in [-0.2, 0) is 4.79 Å². The first-order valence-corrected chi connectivity index (χ1v) is 8.05. The van der Waals surface area contributed by atoms with Crippen molar-refractivity contribution < 1.29 is 14.5 Å². The lowest BCUT2D eigenvalue weighted by molar-refractivity contribution is -0.384. The van der Waals surface area contributed by atoms with Crippen molar-refractivity contribution in [1.82, 2.24) is 4.98 Å². The molecule has 1 heterocycles. The maximum absolute atomic E-state index is 12.0. The highest BCUT2D eigenvalue weighted by Gasteiger charge is 2.16. The van der Waals surface area contributed by atoms with Crippen LogP contribution in [-0.4, -0.2) is 22.9 Å². The number of thiazole rings is 1. The molecule has 7 nitrogen and oxygen atoms in total. The standard InChI is InChI=1S/C17H13N3O4S/c1-24-13-9-12(20(22)23)10-14-16(13)19-17(25-14)18-15(21)8-7-11-5-3-2-4-6-11/h2-10H,1H3,(H,18,19,21)/b8-7+. The van der Waals surface area contributed by atoms with Crippen LogP contribution in [0, 0.1) is 10.1 Å². The lowest BCUT2D eigenvalue weighted by atomic mass is 10.2. The number of carbonyl (C=O) groups is 1. The highest BCUT2D eigenvalue weighted by molar-refractivity contribution is 7.22. The Morgan fingerprint density at radius 3 is 2.76 bits per heavy atom. The quantitative estimate of drug-likeness (QED) is 0.426. The lowest BCUT2D eigenvalue weighted by Gasteiger charge is -2.00. The van der Waals surface area contributed by atoms with E-state index in [0.29, 0.717) is 21.1 Å². The van der Waals surface area contributed by atoms with Crippen molar-refractivity contribution in [1.29, 1.82) is 0 Å². The van der Waals surface area contributed by atoms with E-state index in [1.54, 1.807) is 6.08 Å². The number of carbonyl (C=O) groups excluding carboxylic acids is 1. The van der Waals surface area contributed by atoms with Gasteiger partial charge in [0.2, 0.25) is 5.91 Å². The Morgan fingerprint density at radius 2 is 2.08 bits per heavy atom. The van der Waals surface area contributed by atoms with E-state index >= 15 is 0 Å². The zero-order valence-corrected chi connectivity index (χ0v) is 13.9. The molecular weight excluding hydrogens is 342 g/mol. The van der Waals surface area contributed by atoms with E-state index in [1.807, 2.05) is 30.3 Å². The molecule has 0 aliphatic carbocycles. The van der Waals surface area contributed by atoms with Crippen LogP contribution in [0.1, 0.15) is 5.56 Å². The Balaban J connectivity index is 1.83. The Labute approximate surface area is 146 Å². The SMILES string of the molecule is COc1cc([N+](=O)[O-])cc2sc(NC(=O)/C=C/c3ccccc3)nc12. The van der Waals surface area contributed by atoms with E-state index in [1.165, 1.54) is 25.3 Å². The number of amides is 1. The zero-order valence-electron chi connectivity index (χ0n) is 13.1. The van der Waals surface area contributed by atoms with Crippen molar-refractivity contribution in [2.75, 3.05) is 12.4 Å². The minimum Gasteiger partial charge on any atom is -0.494 e. The number of nitro benzene ring substituents is 1. The van der Waals surface area contributed by atoms with Crippen LogP contribution in [0.4, 0.5) is 10.8 Å². The number of anilines is 1. The van der Waals surface area contributed by atoms with Crippen molar-refractivity contribution in [3.63, 3.8) is 0 Å². The molecule has 0 spiro atoms. The van der Waals surface area contributed by atoms with Crippen LogP contribution in [0.25, 0.3) is 16.3 Å². The molecule has 1 N–H and O–H groups in total. The molecule has 0 atom stereocenters. The largest absolute Gasteiger partial charge is 0.494 e. The molecule has 0 aliphatic rings. The van der Waals surface area contributed by atoms with Crippen LogP contribution in [0.3, 0.4) is 0 Å². The first-order chi connectivity index (χ1) is 12.1. The van der Waals surface area contributed by atoms with Gasteiger partial charge in [0.1, 0.15) is 5.52 Å². The highest BCUT2D eigenvalue weighted by Crippen LogP contribution is 2.36. The first-order valence-electron chi connectivity index (χ1n) is 7.24. The van der Waals surface area contributed by atoms with Crippen LogP contribution in [0.15, 0.2) is 48.5 Å². The maximum Gasteiger partial charge on any atom is 0.274 e. The Kier molecular flexibility index (Phi) is 4.71. The lowest BCUT2D eigenvalue weighted by Crippen LogP contribution is -2.07. The molecule has 3 rings (SSSR count). The summed E-state index contributed by atoms with van der Waals surface area (Å²) in [6.45, 7) is 0. The first kappa shape index (κ1) is 16.6. The molecule has 25 heavy (non-hydrogen) atoms. The summed E-state index contributed by atoms with van der Waals surface area (Å²) in [4.78, 5) is 26.8. The van der Waals surface area contributed by atoms with Gasteiger partial charge >= 0.3 is 0 Å². The number of aromatic nitrogens is 1. The number of nitrogens with one attached hydrogen (secondary N) is 1. The molecule has 126 valence electrons. The summed E-state index contributed by atoms with van der Waals surface area (Å²) in [6.07, 6.45) is 3.09. The summed E-state index contributed by atoms with van der Waals surface area (Å²) < 4.78 is 5.72. The second-order valence-corrected chi connectivity index (χ2v) is 6.03. The summed E-state index contributed by atoms with van der Waals surface area (Å²) in [5.41, 5.74) is 1.29. The predicted molar refractivity (Wildman–Crippen MR) is 96.9 cm³/mol. The van der Waals surface area contributed by atoms with Gasteiger partial charge in [-0.2, -0.15) is 0 Å². The summed E-state index contributed by atoms with van der Waals surface area (Å²) in [7, 11) is 1.42. The number of fused-ring (bicyclic) bond motifs is 1. The van der Waals surface area contributed by atoms with Gasteiger partial charge in [-0.25, -0.2) is 4.98 Å². The maximum atomic E-state index is 12.0. The number of non-ortho nitro benzene ring substituents is 1. The number of nitro groups is 1. The minimum absolute atomic E-state index is 0.0881. The van der Waals surface area contributed by atoms with E-state index in [-0.39, 0.29) is 11.6 Å². The van der Waals surface area contributed by atoms with Crippen LogP contribution in [0.2, 0.25) is 0 Å². The van der Waals surface area contributed by atoms with Gasteiger partial charge < -0.3 is 4.74 Å². The number of hydrogen-bond donors (Lipinski definition) is 1. The Bertz CT molecular complexity index is 967. The second-order valence-electron chi connectivity index (χ2n) is 5.00. The molecule has 1 aromatic heterocycles. The summed E-state index contributed by atoms with van der Waals surface area (Å²) in [5, 5.41) is 14.0. The number of hydrogen-bond acceptors (Lipinski definition) is 6. The number of rotatable bonds is 5. The van der Waals surface area contributed by atoms with Crippen molar-refractivity contribution in [3.8, 4) is 5.75 Å². The smallest absolute Gasteiger partial charge is 0.274 e. The summed E-state index contributed by atoms with van der Waals surface area (Å²) in [6, 6.07) is 12.1. The van der Waals surface area contributed by atoms with Crippen LogP contribution in [0.5, 0.6) is 5.75 Å². The fourth-order valence-corrected chi connectivity index (χ4v) is 3.10. The highest BCUT2D eigenvalue weighted by atomic mass is 32.1. The normalized spacial score (nSPS) is 10.9. The third-order valence-corrected chi connectivity index (χ3v) is 4.25. The van der Waals surface area contributed by atoms with Gasteiger partial charge in [-0.05, 0) is 11.6 Å². The Hall–Kier alpha value is -3.26. The fraction of sp³-hybridized carbons (Fsp3) is 0.0588. The van der Waals surface area contributed by atoms with E-state index in [9.17, 15) is 14.9 Å². The zero-order chi connectivity index (χ0) is 17.8. The van der Waals surface area contributed by atoms with Gasteiger partial charge in [-0.15, -0.1) is 0 Å². The van der Waals surface area contributed by atoms with Crippen molar-refractivity contribution in [2.24, 2.45) is 0 Å². The van der Waals surface area contributed by atoms with E-state index in [0.717, 1.165) is 16.9 Å². The summed E-state index contributed by atoms with van der Waals surface area (Å²) in [5.74, 6) is -0.0443. The van der Waals surface area contributed by atoms with Gasteiger partial charge in [-0.3, -0.25) is 20.2 Å². The molecule has 0 bridgehead atoms. The van der Waals surface area contributed by atoms with E-state index in [2.05, 4.69) is 10.3 Å². The molecule has 0 radical (unpaired) electrons. The molecule has 8 heteroatoms. The molecule has 0 saturated carbocycles. The molecule has 0 fully saturated rings. The van der Waals surface area contributed by atoms with E-state index < -0.39 is 4.92 Å². The third kappa shape index (κ3) is 3.81. The number of methoxy groups -OCH3 is 1. The van der Waals surface area contributed by atoms with Crippen molar-refractivity contribution in [3.05, 3.63) is 64.2 Å². The average molecular weight is 355 g/mol. The molecule has 0 aliphatic heterocycles. The average Bonchev–Trinajstić information content (AvgIpc) is 3.02. The number of nitrogens with zero attached hydrogens (tertiary/aromatic N) is 2.